The number of nitrogens with two attached hydrogens (primary N) is 1. The predicted octanol–water partition coefficient (Wildman–Crippen LogP) is 8.59. The molecule has 1 aromatic heterocycles. The molecule has 14 heteroatoms. The first-order chi connectivity index (χ1) is 22.4. The molecule has 0 spiro atoms. The van der Waals surface area contributed by atoms with E-state index in [1.807, 2.05) is 32.0 Å². The third kappa shape index (κ3) is 6.20. The van der Waals surface area contributed by atoms with Crippen molar-refractivity contribution >= 4 is 11.7 Å². The fourth-order valence-electron chi connectivity index (χ4n) is 6.30. The first-order valence-corrected chi connectivity index (χ1v) is 15.1. The molecule has 7 nitrogen and oxygen atoms in total. The number of methoxy groups -OCH3 is 1. The van der Waals surface area contributed by atoms with Crippen molar-refractivity contribution in [2.75, 3.05) is 12.4 Å². The average Bonchev–Trinajstić information content (AvgIpc) is 3.49. The summed E-state index contributed by atoms with van der Waals surface area (Å²) in [5, 5.41) is 7.32. The Morgan fingerprint density at radius 3 is 2.17 bits per heavy atom. The van der Waals surface area contributed by atoms with Gasteiger partial charge in [0.2, 0.25) is 0 Å². The van der Waals surface area contributed by atoms with E-state index in [4.69, 9.17) is 15.6 Å². The normalized spacial score (nSPS) is 14.7. The zero-order chi connectivity index (χ0) is 35.3. The number of carbonyl (C=O) groups is 1. The van der Waals surface area contributed by atoms with Crippen molar-refractivity contribution in [1.82, 2.24) is 14.7 Å². The number of aryl methyl sites for hydroxylation is 2. The molecule has 5 rings (SSSR count). The number of amides is 2. The minimum absolute atomic E-state index is 0.00518. The lowest BCUT2D eigenvalue weighted by molar-refractivity contribution is -0.143. The SMILES string of the molecule is CCc1cccc(CC)c1-n1nc2c(c1-c1cc(OC)c(NC(N)=O)cc1F)CN(Cc1ccc(C(F)(F)F)cc1C(F)(F)F)C2(C)C. The lowest BCUT2D eigenvalue weighted by Crippen LogP contribution is -2.36. The summed E-state index contributed by atoms with van der Waals surface area (Å²) in [6.07, 6.45) is -8.77. The van der Waals surface area contributed by atoms with Gasteiger partial charge in [-0.3, -0.25) is 4.90 Å². The highest BCUT2D eigenvalue weighted by molar-refractivity contribution is 5.90. The summed E-state index contributed by atoms with van der Waals surface area (Å²) >= 11 is 0. The molecule has 0 fully saturated rings. The van der Waals surface area contributed by atoms with Crippen molar-refractivity contribution in [3.05, 3.63) is 93.4 Å². The number of nitrogens with zero attached hydrogens (tertiary/aromatic N) is 3. The van der Waals surface area contributed by atoms with Crippen LogP contribution in [0.15, 0.2) is 48.5 Å². The van der Waals surface area contributed by atoms with Crippen LogP contribution in [0.2, 0.25) is 0 Å². The summed E-state index contributed by atoms with van der Waals surface area (Å²) in [7, 11) is 1.33. The molecule has 1 aliphatic rings. The van der Waals surface area contributed by atoms with Gasteiger partial charge in [0.25, 0.3) is 0 Å². The second-order valence-electron chi connectivity index (χ2n) is 12.0. The summed E-state index contributed by atoms with van der Waals surface area (Å²) in [6.45, 7) is 7.07. The standard InChI is InChI=1S/C34H34F7N5O2/c1-6-18-9-8-10-19(7-2)28(18)46-29(22-14-27(48-5)26(15-25(22)35)43-31(42)47)23-17-45(32(3,4)30(23)44-46)16-20-11-12-21(33(36,37)38)13-24(20)34(39,40)41/h8-15H,6-7,16-17H2,1-5H3,(H3,42,43,47). The number of fused-ring (bicyclic) bond motifs is 1. The average molecular weight is 678 g/mol. The summed E-state index contributed by atoms with van der Waals surface area (Å²) in [5.74, 6) is -0.659. The molecule has 0 atom stereocenters. The fourth-order valence-corrected chi connectivity index (χ4v) is 6.30. The van der Waals surface area contributed by atoms with Gasteiger partial charge in [0.15, 0.2) is 0 Å². The molecule has 3 N–H and O–H groups in total. The van der Waals surface area contributed by atoms with E-state index in [1.165, 1.54) is 13.2 Å². The number of hydrogen-bond acceptors (Lipinski definition) is 4. The van der Waals surface area contributed by atoms with Crippen molar-refractivity contribution in [3.8, 4) is 22.7 Å². The number of ether oxygens (including phenoxy) is 1. The molecule has 0 radical (unpaired) electrons. The van der Waals surface area contributed by atoms with Crippen LogP contribution in [0.3, 0.4) is 0 Å². The molecule has 2 amide bonds. The maximum Gasteiger partial charge on any atom is 0.416 e. The van der Waals surface area contributed by atoms with Gasteiger partial charge >= 0.3 is 18.4 Å². The number of aromatic nitrogens is 2. The number of carbonyl (C=O) groups excluding carboxylic acids is 1. The quantitative estimate of drug-likeness (QED) is 0.183. The van der Waals surface area contributed by atoms with Gasteiger partial charge in [-0.1, -0.05) is 38.1 Å². The van der Waals surface area contributed by atoms with E-state index in [1.54, 1.807) is 23.4 Å². The van der Waals surface area contributed by atoms with Crippen LogP contribution in [0.5, 0.6) is 5.75 Å². The number of urea groups is 1. The van der Waals surface area contributed by atoms with Crippen LogP contribution in [0, 0.1) is 5.82 Å². The lowest BCUT2D eigenvalue weighted by Gasteiger charge is -2.33. The highest BCUT2D eigenvalue weighted by Crippen LogP contribution is 2.47. The minimum atomic E-state index is -5.05. The Kier molecular flexibility index (Phi) is 9.01. The van der Waals surface area contributed by atoms with E-state index in [0.717, 1.165) is 28.9 Å². The van der Waals surface area contributed by atoms with Crippen LogP contribution in [0.25, 0.3) is 16.9 Å². The molecule has 2 heterocycles. The maximum atomic E-state index is 16.1. The Morgan fingerprint density at radius 2 is 1.62 bits per heavy atom. The van der Waals surface area contributed by atoms with E-state index in [-0.39, 0.29) is 41.7 Å². The highest BCUT2D eigenvalue weighted by atomic mass is 19.4. The number of halogens is 7. The van der Waals surface area contributed by atoms with Crippen molar-refractivity contribution < 1.29 is 40.3 Å². The summed E-state index contributed by atoms with van der Waals surface area (Å²) in [4.78, 5) is 13.3. The summed E-state index contributed by atoms with van der Waals surface area (Å²) in [6, 6.07) is 8.91. The fraction of sp³-hybridized carbons (Fsp3) is 0.353. The van der Waals surface area contributed by atoms with Gasteiger partial charge < -0.3 is 15.8 Å². The van der Waals surface area contributed by atoms with E-state index in [2.05, 4.69) is 5.32 Å². The number of alkyl halides is 6. The third-order valence-corrected chi connectivity index (χ3v) is 8.79. The number of benzene rings is 3. The smallest absolute Gasteiger partial charge is 0.416 e. The van der Waals surface area contributed by atoms with E-state index >= 15 is 4.39 Å². The number of anilines is 1. The van der Waals surface area contributed by atoms with Crippen LogP contribution in [-0.4, -0.2) is 27.8 Å². The van der Waals surface area contributed by atoms with Crippen molar-refractivity contribution in [3.63, 3.8) is 0 Å². The molecule has 0 saturated carbocycles. The lowest BCUT2D eigenvalue weighted by atomic mass is 9.97. The molecule has 1 aliphatic heterocycles. The highest BCUT2D eigenvalue weighted by Gasteiger charge is 2.45. The zero-order valence-electron chi connectivity index (χ0n) is 26.8. The Bertz CT molecular complexity index is 1860. The van der Waals surface area contributed by atoms with Gasteiger partial charge in [0.1, 0.15) is 11.6 Å². The van der Waals surface area contributed by atoms with Gasteiger partial charge in [0.05, 0.1) is 46.5 Å². The molecule has 48 heavy (non-hydrogen) atoms. The Balaban J connectivity index is 1.72. The Labute approximate surface area is 272 Å². The van der Waals surface area contributed by atoms with Gasteiger partial charge in [-0.25, -0.2) is 13.9 Å². The van der Waals surface area contributed by atoms with Crippen LogP contribution in [0.4, 0.5) is 41.2 Å². The zero-order valence-corrected chi connectivity index (χ0v) is 26.8. The Hall–Kier alpha value is -4.59. The van der Waals surface area contributed by atoms with Gasteiger partial charge in [-0.2, -0.15) is 31.4 Å². The number of hydrogen-bond donors (Lipinski definition) is 2. The predicted molar refractivity (Wildman–Crippen MR) is 166 cm³/mol. The molecular weight excluding hydrogens is 643 g/mol. The van der Waals surface area contributed by atoms with E-state index < -0.39 is 40.9 Å². The van der Waals surface area contributed by atoms with Crippen LogP contribution in [0.1, 0.15) is 66.8 Å². The van der Waals surface area contributed by atoms with Gasteiger partial charge in [-0.05, 0) is 61.6 Å². The monoisotopic (exact) mass is 677 g/mol. The largest absolute Gasteiger partial charge is 0.495 e. The van der Waals surface area contributed by atoms with Gasteiger partial charge in [0, 0.05) is 30.3 Å². The second kappa shape index (κ2) is 12.5. The summed E-state index contributed by atoms with van der Waals surface area (Å²) < 4.78 is 106. The number of primary amides is 1. The first-order valence-electron chi connectivity index (χ1n) is 15.1. The van der Waals surface area contributed by atoms with Crippen molar-refractivity contribution in [2.24, 2.45) is 5.73 Å². The number of nitrogens with one attached hydrogen (secondary N) is 1. The van der Waals surface area contributed by atoms with Gasteiger partial charge in [-0.15, -0.1) is 0 Å². The summed E-state index contributed by atoms with van der Waals surface area (Å²) in [5.41, 5.74) is 5.01. The van der Waals surface area contributed by atoms with Crippen LogP contribution in [-0.2, 0) is 43.8 Å². The molecule has 4 aromatic rings. The topological polar surface area (TPSA) is 85.4 Å². The second-order valence-corrected chi connectivity index (χ2v) is 12.0. The molecule has 0 bridgehead atoms. The molecule has 0 aliphatic carbocycles. The van der Waals surface area contributed by atoms with E-state index in [0.29, 0.717) is 35.9 Å². The third-order valence-electron chi connectivity index (χ3n) is 8.79. The molecular formula is C34H34F7N5O2. The number of para-hydroxylation sites is 1. The molecule has 0 saturated heterocycles. The maximum absolute atomic E-state index is 16.1. The van der Waals surface area contributed by atoms with Crippen LogP contribution >= 0.6 is 0 Å². The van der Waals surface area contributed by atoms with E-state index in [9.17, 15) is 31.1 Å². The molecule has 0 unspecified atom stereocenters. The molecule has 3 aromatic carbocycles. The van der Waals surface area contributed by atoms with Crippen molar-refractivity contribution in [1.29, 1.82) is 0 Å². The minimum Gasteiger partial charge on any atom is -0.495 e. The van der Waals surface area contributed by atoms with Crippen molar-refractivity contribution in [2.45, 2.75) is 71.5 Å². The Morgan fingerprint density at radius 1 is 0.979 bits per heavy atom. The van der Waals surface area contributed by atoms with Crippen LogP contribution < -0.4 is 15.8 Å². The number of rotatable bonds is 8. The first kappa shape index (κ1) is 34.7. The molecule has 256 valence electrons.